The number of nitrogens with zero attached hydrogens (tertiary/aromatic N) is 2. The first-order valence-electron chi connectivity index (χ1n) is 6.08. The quantitative estimate of drug-likeness (QED) is 0.358. The second-order valence-corrected chi connectivity index (χ2v) is 4.26. The first-order valence-corrected chi connectivity index (χ1v) is 6.08. The van der Waals surface area contributed by atoms with Gasteiger partial charge in [-0.3, -0.25) is 4.99 Å². The Morgan fingerprint density at radius 2 is 2.16 bits per heavy atom. The maximum atomic E-state index is 5.18. The van der Waals surface area contributed by atoms with E-state index < -0.39 is 0 Å². The van der Waals surface area contributed by atoms with Crippen molar-refractivity contribution in [2.75, 3.05) is 20.1 Å². The fourth-order valence-corrected chi connectivity index (χ4v) is 1.93. The van der Waals surface area contributed by atoms with E-state index in [-0.39, 0.29) is 24.0 Å². The largest absolute Gasteiger partial charge is 0.361 e. The highest BCUT2D eigenvalue weighted by Gasteiger charge is 2.16. The Bertz CT molecular complexity index is 409. The van der Waals surface area contributed by atoms with Crippen LogP contribution >= 0.6 is 24.0 Å². The summed E-state index contributed by atoms with van der Waals surface area (Å²) in [5.74, 6) is 1.97. The van der Waals surface area contributed by atoms with Crippen molar-refractivity contribution in [2.45, 2.75) is 26.7 Å². The van der Waals surface area contributed by atoms with Crippen LogP contribution in [0.15, 0.2) is 22.2 Å². The van der Waals surface area contributed by atoms with Gasteiger partial charge in [-0.05, 0) is 13.8 Å². The molecule has 0 aliphatic heterocycles. The first kappa shape index (κ1) is 17.9. The van der Waals surface area contributed by atoms with Gasteiger partial charge in [0.15, 0.2) is 5.96 Å². The number of hydrogen-bond donors (Lipinski definition) is 2. The van der Waals surface area contributed by atoms with Crippen LogP contribution in [0, 0.1) is 13.8 Å². The van der Waals surface area contributed by atoms with E-state index in [0.717, 1.165) is 24.0 Å². The monoisotopic (exact) mass is 378 g/mol. The Labute approximate surface area is 131 Å². The third-order valence-corrected chi connectivity index (χ3v) is 2.79. The van der Waals surface area contributed by atoms with Gasteiger partial charge in [-0.25, -0.2) is 0 Å². The summed E-state index contributed by atoms with van der Waals surface area (Å²) in [5.41, 5.74) is 2.12. The number of rotatable bonds is 5. The predicted octanol–water partition coefficient (Wildman–Crippen LogP) is 2.36. The highest BCUT2D eigenvalue weighted by Crippen LogP contribution is 2.22. The third kappa shape index (κ3) is 5.22. The van der Waals surface area contributed by atoms with Crippen molar-refractivity contribution in [1.29, 1.82) is 0 Å². The van der Waals surface area contributed by atoms with Gasteiger partial charge in [-0.2, -0.15) is 0 Å². The van der Waals surface area contributed by atoms with Crippen LogP contribution in [0.1, 0.15) is 29.9 Å². The van der Waals surface area contributed by atoms with Crippen LogP contribution in [0.3, 0.4) is 0 Å². The van der Waals surface area contributed by atoms with E-state index in [1.54, 1.807) is 13.1 Å². The van der Waals surface area contributed by atoms with Crippen molar-refractivity contribution in [3.8, 4) is 0 Å². The van der Waals surface area contributed by atoms with Crippen LogP contribution in [0.4, 0.5) is 0 Å². The van der Waals surface area contributed by atoms with Gasteiger partial charge in [0.25, 0.3) is 0 Å². The van der Waals surface area contributed by atoms with Gasteiger partial charge in [-0.1, -0.05) is 18.2 Å². The van der Waals surface area contributed by atoms with E-state index in [0.29, 0.717) is 12.5 Å². The Morgan fingerprint density at radius 1 is 1.47 bits per heavy atom. The molecule has 0 aliphatic rings. The number of hydrogen-bond acceptors (Lipinski definition) is 3. The molecule has 0 radical (unpaired) electrons. The molecule has 1 aromatic heterocycles. The average molecular weight is 378 g/mol. The molecule has 108 valence electrons. The normalized spacial score (nSPS) is 12.5. The zero-order chi connectivity index (χ0) is 13.5. The molecule has 0 bridgehead atoms. The van der Waals surface area contributed by atoms with Crippen molar-refractivity contribution < 1.29 is 4.52 Å². The lowest BCUT2D eigenvalue weighted by Gasteiger charge is -2.15. The fourth-order valence-electron chi connectivity index (χ4n) is 1.93. The lowest BCUT2D eigenvalue weighted by Crippen LogP contribution is -2.39. The van der Waals surface area contributed by atoms with Gasteiger partial charge in [-0.15, -0.1) is 30.6 Å². The van der Waals surface area contributed by atoms with Crippen LogP contribution in [0.25, 0.3) is 0 Å². The topological polar surface area (TPSA) is 62.5 Å². The Hall–Kier alpha value is -1.05. The number of aliphatic imine (C=N–C) groups is 1. The van der Waals surface area contributed by atoms with Crippen LogP contribution < -0.4 is 10.6 Å². The van der Waals surface area contributed by atoms with Gasteiger partial charge in [0, 0.05) is 31.6 Å². The minimum absolute atomic E-state index is 0. The van der Waals surface area contributed by atoms with Crippen LogP contribution in [0.5, 0.6) is 0 Å². The summed E-state index contributed by atoms with van der Waals surface area (Å²) >= 11 is 0. The number of halogens is 1. The van der Waals surface area contributed by atoms with Crippen LogP contribution in [0.2, 0.25) is 0 Å². The summed E-state index contributed by atoms with van der Waals surface area (Å²) in [6, 6.07) is 0. The van der Waals surface area contributed by atoms with E-state index in [9.17, 15) is 0 Å². The molecule has 19 heavy (non-hydrogen) atoms. The maximum absolute atomic E-state index is 5.18. The molecule has 1 atom stereocenters. The molecule has 0 fully saturated rings. The number of guanidine groups is 1. The second-order valence-electron chi connectivity index (χ2n) is 4.26. The molecule has 0 aromatic carbocycles. The molecule has 1 unspecified atom stereocenters. The number of nitrogens with one attached hydrogen (secondary N) is 2. The molecule has 0 saturated heterocycles. The summed E-state index contributed by atoms with van der Waals surface area (Å²) in [7, 11) is 1.75. The lowest BCUT2D eigenvalue weighted by atomic mass is 10.00. The van der Waals surface area contributed by atoms with Crippen molar-refractivity contribution in [3.63, 3.8) is 0 Å². The summed E-state index contributed by atoms with van der Waals surface area (Å²) in [5, 5.41) is 10.4. The van der Waals surface area contributed by atoms with Crippen molar-refractivity contribution >= 4 is 29.9 Å². The molecular formula is C13H23IN4O. The molecule has 1 heterocycles. The van der Waals surface area contributed by atoms with E-state index in [1.807, 2.05) is 13.8 Å². The van der Waals surface area contributed by atoms with E-state index >= 15 is 0 Å². The molecule has 1 aromatic rings. The molecule has 0 saturated carbocycles. The zero-order valence-electron chi connectivity index (χ0n) is 12.0. The van der Waals surface area contributed by atoms with E-state index in [2.05, 4.69) is 34.3 Å². The summed E-state index contributed by atoms with van der Waals surface area (Å²) < 4.78 is 5.18. The van der Waals surface area contributed by atoms with Crippen molar-refractivity contribution in [1.82, 2.24) is 15.8 Å². The molecule has 1 rings (SSSR count). The zero-order valence-corrected chi connectivity index (χ0v) is 14.3. The van der Waals surface area contributed by atoms with Gasteiger partial charge in [0.1, 0.15) is 5.76 Å². The van der Waals surface area contributed by atoms with E-state index in [1.165, 1.54) is 5.56 Å². The highest BCUT2D eigenvalue weighted by atomic mass is 127. The first-order chi connectivity index (χ1) is 8.60. The lowest BCUT2D eigenvalue weighted by molar-refractivity contribution is 0.391. The Balaban J connectivity index is 0.00000324. The SMILES string of the molecule is C=CCNC(=NC)NCC(C)c1c(C)noc1C.I. The third-order valence-electron chi connectivity index (χ3n) is 2.79. The fraction of sp³-hybridized carbons (Fsp3) is 0.538. The Kier molecular flexibility index (Phi) is 8.46. The molecule has 5 nitrogen and oxygen atoms in total. The molecule has 0 aliphatic carbocycles. The van der Waals surface area contributed by atoms with Crippen LogP contribution in [-0.2, 0) is 0 Å². The maximum Gasteiger partial charge on any atom is 0.191 e. The van der Waals surface area contributed by atoms with Gasteiger partial charge in [0.2, 0.25) is 0 Å². The smallest absolute Gasteiger partial charge is 0.191 e. The average Bonchev–Trinajstić information content (AvgIpc) is 2.69. The second kappa shape index (κ2) is 8.95. The van der Waals surface area contributed by atoms with Gasteiger partial charge in [0.05, 0.1) is 5.69 Å². The van der Waals surface area contributed by atoms with Crippen LogP contribution in [-0.4, -0.2) is 31.3 Å². The summed E-state index contributed by atoms with van der Waals surface area (Å²) in [6.07, 6.45) is 1.80. The minimum Gasteiger partial charge on any atom is -0.361 e. The summed E-state index contributed by atoms with van der Waals surface area (Å²) in [4.78, 5) is 4.13. The molecule has 0 spiro atoms. The minimum atomic E-state index is 0. The van der Waals surface area contributed by atoms with Gasteiger partial charge >= 0.3 is 0 Å². The van der Waals surface area contributed by atoms with Crippen molar-refractivity contribution in [2.24, 2.45) is 4.99 Å². The van der Waals surface area contributed by atoms with Crippen molar-refractivity contribution in [3.05, 3.63) is 29.7 Å². The Morgan fingerprint density at radius 3 is 2.63 bits per heavy atom. The van der Waals surface area contributed by atoms with Gasteiger partial charge < -0.3 is 15.2 Å². The molecule has 6 heteroatoms. The molecular weight excluding hydrogens is 355 g/mol. The molecule has 2 N–H and O–H groups in total. The standard InChI is InChI=1S/C13H22N4O.HI/c1-6-7-15-13(14-5)16-8-9(2)12-10(3)17-18-11(12)4;/h6,9H,1,7-8H2,2-5H3,(H2,14,15,16);1H. The van der Waals surface area contributed by atoms with E-state index in [4.69, 9.17) is 4.52 Å². The predicted molar refractivity (Wildman–Crippen MR) is 89.4 cm³/mol. The highest BCUT2D eigenvalue weighted by molar-refractivity contribution is 14.0. The summed E-state index contributed by atoms with van der Waals surface area (Å²) in [6.45, 7) is 11.2. The number of aromatic nitrogens is 1. The molecule has 0 amide bonds. The number of aryl methyl sites for hydroxylation is 2.